The lowest BCUT2D eigenvalue weighted by molar-refractivity contribution is 0.409. The first-order valence-corrected chi connectivity index (χ1v) is 6.43. The summed E-state index contributed by atoms with van der Waals surface area (Å²) in [6, 6.07) is 10.1. The first kappa shape index (κ1) is 14.5. The number of para-hydroxylation sites is 1. The summed E-state index contributed by atoms with van der Waals surface area (Å²) in [5.74, 6) is 0.582. The van der Waals surface area contributed by atoms with Crippen molar-refractivity contribution in [2.24, 2.45) is 5.92 Å². The van der Waals surface area contributed by atoms with Gasteiger partial charge in [0.05, 0.1) is 11.3 Å². The molecule has 0 spiro atoms. The second-order valence-electron chi connectivity index (χ2n) is 5.27. The lowest BCUT2D eigenvalue weighted by atomic mass is 10.1. The van der Waals surface area contributed by atoms with E-state index in [0.29, 0.717) is 5.92 Å². The third kappa shape index (κ3) is 4.38. The van der Waals surface area contributed by atoms with Crippen molar-refractivity contribution in [1.82, 2.24) is 4.90 Å². The molecule has 0 fully saturated rings. The van der Waals surface area contributed by atoms with E-state index < -0.39 is 0 Å². The molecule has 3 heteroatoms. The molecule has 0 heterocycles. The normalized spacial score (nSPS) is 10.7. The van der Waals surface area contributed by atoms with Crippen LogP contribution in [0.3, 0.4) is 0 Å². The largest absolute Gasteiger partial charge is 0.369 e. The number of anilines is 1. The molecule has 0 bridgehead atoms. The highest BCUT2D eigenvalue weighted by atomic mass is 15.2. The number of hydrogen-bond acceptors (Lipinski definition) is 3. The van der Waals surface area contributed by atoms with Crippen molar-refractivity contribution in [3.8, 4) is 6.07 Å². The number of rotatable bonds is 6. The fraction of sp³-hybridized carbons (Fsp3) is 0.533. The van der Waals surface area contributed by atoms with Crippen LogP contribution in [0.25, 0.3) is 0 Å². The minimum Gasteiger partial charge on any atom is -0.369 e. The zero-order valence-corrected chi connectivity index (χ0v) is 11.8. The summed E-state index contributed by atoms with van der Waals surface area (Å²) in [6.07, 6.45) is 0. The van der Waals surface area contributed by atoms with Crippen LogP contribution in [0, 0.1) is 17.2 Å². The van der Waals surface area contributed by atoms with Gasteiger partial charge < -0.3 is 9.80 Å². The lowest BCUT2D eigenvalue weighted by Crippen LogP contribution is -2.34. The molecule has 1 rings (SSSR count). The Hall–Kier alpha value is -1.53. The molecule has 0 aromatic heterocycles. The maximum absolute atomic E-state index is 9.19. The zero-order valence-electron chi connectivity index (χ0n) is 11.8. The minimum absolute atomic E-state index is 0.582. The monoisotopic (exact) mass is 245 g/mol. The number of benzene rings is 1. The Morgan fingerprint density at radius 3 is 2.39 bits per heavy atom. The molecule has 3 nitrogen and oxygen atoms in total. The molecule has 0 radical (unpaired) electrons. The lowest BCUT2D eigenvalue weighted by Gasteiger charge is -2.28. The summed E-state index contributed by atoms with van der Waals surface area (Å²) in [7, 11) is 4.15. The van der Waals surface area contributed by atoms with Gasteiger partial charge in [-0.3, -0.25) is 0 Å². The molecule has 0 aliphatic carbocycles. The van der Waals surface area contributed by atoms with Gasteiger partial charge in [0, 0.05) is 19.6 Å². The predicted molar refractivity (Wildman–Crippen MR) is 76.8 cm³/mol. The quantitative estimate of drug-likeness (QED) is 0.771. The third-order valence-corrected chi connectivity index (χ3v) is 2.77. The van der Waals surface area contributed by atoms with Gasteiger partial charge in [0.25, 0.3) is 0 Å². The summed E-state index contributed by atoms with van der Waals surface area (Å²) < 4.78 is 0. The average Bonchev–Trinajstić information content (AvgIpc) is 2.33. The summed E-state index contributed by atoms with van der Waals surface area (Å²) in [4.78, 5) is 4.48. The highest BCUT2D eigenvalue weighted by Gasteiger charge is 2.12. The smallest absolute Gasteiger partial charge is 0.101 e. The second kappa shape index (κ2) is 7.03. The molecule has 98 valence electrons. The Morgan fingerprint density at radius 1 is 1.17 bits per heavy atom. The van der Waals surface area contributed by atoms with Crippen LogP contribution >= 0.6 is 0 Å². The molecule has 0 N–H and O–H groups in total. The van der Waals surface area contributed by atoms with Crippen LogP contribution in [0.4, 0.5) is 5.69 Å². The number of nitriles is 1. The van der Waals surface area contributed by atoms with Gasteiger partial charge in [-0.15, -0.1) is 0 Å². The molecular weight excluding hydrogens is 222 g/mol. The van der Waals surface area contributed by atoms with Crippen molar-refractivity contribution < 1.29 is 0 Å². The Morgan fingerprint density at radius 2 is 1.83 bits per heavy atom. The predicted octanol–water partition coefficient (Wildman–Crippen LogP) is 2.58. The highest BCUT2D eigenvalue weighted by molar-refractivity contribution is 5.59. The highest BCUT2D eigenvalue weighted by Crippen LogP contribution is 2.20. The molecule has 0 saturated carbocycles. The van der Waals surface area contributed by atoms with E-state index in [1.807, 2.05) is 24.3 Å². The summed E-state index contributed by atoms with van der Waals surface area (Å²) in [5.41, 5.74) is 1.81. The standard InChI is InChI=1S/C15H23N3/c1-13(2)12-18(10-9-17(3)4)15-8-6-5-7-14(15)11-16/h5-8,13H,9-10,12H2,1-4H3. The van der Waals surface area contributed by atoms with E-state index >= 15 is 0 Å². The number of hydrogen-bond donors (Lipinski definition) is 0. The van der Waals surface area contributed by atoms with Crippen molar-refractivity contribution in [2.75, 3.05) is 38.6 Å². The van der Waals surface area contributed by atoms with E-state index in [0.717, 1.165) is 30.9 Å². The first-order valence-electron chi connectivity index (χ1n) is 6.43. The SMILES string of the molecule is CC(C)CN(CCN(C)C)c1ccccc1C#N. The molecule has 0 atom stereocenters. The van der Waals surface area contributed by atoms with Gasteiger partial charge in [-0.2, -0.15) is 5.26 Å². The Bertz CT molecular complexity index is 404. The minimum atomic E-state index is 0.582. The molecular formula is C15H23N3. The summed E-state index contributed by atoms with van der Waals surface area (Å²) in [5, 5.41) is 9.19. The van der Waals surface area contributed by atoms with Crippen LogP contribution in [-0.4, -0.2) is 38.6 Å². The van der Waals surface area contributed by atoms with E-state index in [1.54, 1.807) is 0 Å². The van der Waals surface area contributed by atoms with Gasteiger partial charge in [-0.05, 0) is 32.1 Å². The molecule has 0 amide bonds. The third-order valence-electron chi connectivity index (χ3n) is 2.77. The van der Waals surface area contributed by atoms with Crippen molar-refractivity contribution in [3.63, 3.8) is 0 Å². The number of nitrogens with zero attached hydrogens (tertiary/aromatic N) is 3. The Balaban J connectivity index is 2.90. The van der Waals surface area contributed by atoms with E-state index in [-0.39, 0.29) is 0 Å². The van der Waals surface area contributed by atoms with Crippen LogP contribution in [0.5, 0.6) is 0 Å². The molecule has 0 saturated heterocycles. The van der Waals surface area contributed by atoms with Gasteiger partial charge in [0.2, 0.25) is 0 Å². The fourth-order valence-electron chi connectivity index (χ4n) is 1.92. The van der Waals surface area contributed by atoms with Gasteiger partial charge in [0.15, 0.2) is 0 Å². The van der Waals surface area contributed by atoms with Crippen LogP contribution in [0.2, 0.25) is 0 Å². The van der Waals surface area contributed by atoms with E-state index in [4.69, 9.17) is 0 Å². The first-order chi connectivity index (χ1) is 8.54. The van der Waals surface area contributed by atoms with Crippen molar-refractivity contribution in [2.45, 2.75) is 13.8 Å². The molecule has 0 unspecified atom stereocenters. The van der Waals surface area contributed by atoms with Crippen LogP contribution in [0.15, 0.2) is 24.3 Å². The van der Waals surface area contributed by atoms with Crippen LogP contribution in [0.1, 0.15) is 19.4 Å². The van der Waals surface area contributed by atoms with Crippen molar-refractivity contribution in [3.05, 3.63) is 29.8 Å². The van der Waals surface area contributed by atoms with Gasteiger partial charge in [0.1, 0.15) is 6.07 Å². The van der Waals surface area contributed by atoms with E-state index in [9.17, 15) is 5.26 Å². The van der Waals surface area contributed by atoms with Crippen molar-refractivity contribution in [1.29, 1.82) is 5.26 Å². The molecule has 1 aromatic rings. The molecule has 1 aromatic carbocycles. The topological polar surface area (TPSA) is 30.3 Å². The fourth-order valence-corrected chi connectivity index (χ4v) is 1.92. The van der Waals surface area contributed by atoms with Gasteiger partial charge in [-0.25, -0.2) is 0 Å². The Kier molecular flexibility index (Phi) is 5.67. The number of likely N-dealkylation sites (N-methyl/N-ethyl adjacent to an activating group) is 1. The van der Waals surface area contributed by atoms with Gasteiger partial charge >= 0.3 is 0 Å². The van der Waals surface area contributed by atoms with Gasteiger partial charge in [-0.1, -0.05) is 26.0 Å². The van der Waals surface area contributed by atoms with Crippen LogP contribution in [-0.2, 0) is 0 Å². The zero-order chi connectivity index (χ0) is 13.5. The Labute approximate surface area is 111 Å². The van der Waals surface area contributed by atoms with E-state index in [1.165, 1.54) is 0 Å². The van der Waals surface area contributed by atoms with Crippen molar-refractivity contribution >= 4 is 5.69 Å². The van der Waals surface area contributed by atoms with E-state index in [2.05, 4.69) is 43.8 Å². The summed E-state index contributed by atoms with van der Waals surface area (Å²) in [6.45, 7) is 7.33. The molecule has 18 heavy (non-hydrogen) atoms. The molecule has 0 aliphatic heterocycles. The average molecular weight is 245 g/mol. The maximum atomic E-state index is 9.19. The second-order valence-corrected chi connectivity index (χ2v) is 5.27. The summed E-state index contributed by atoms with van der Waals surface area (Å²) >= 11 is 0. The maximum Gasteiger partial charge on any atom is 0.101 e. The molecule has 0 aliphatic rings. The van der Waals surface area contributed by atoms with Crippen LogP contribution < -0.4 is 4.90 Å².